The molecular weight excluding hydrogens is 309 g/mol. The molecule has 1 aliphatic heterocycles. The van der Waals surface area contributed by atoms with Gasteiger partial charge in [-0.2, -0.15) is 0 Å². The first-order chi connectivity index (χ1) is 10.3. The highest BCUT2D eigenvalue weighted by molar-refractivity contribution is 7.91. The van der Waals surface area contributed by atoms with Crippen molar-refractivity contribution < 1.29 is 22.0 Å². The van der Waals surface area contributed by atoms with Gasteiger partial charge in [-0.15, -0.1) is 0 Å². The summed E-state index contributed by atoms with van der Waals surface area (Å²) in [5, 5.41) is 0.552. The van der Waals surface area contributed by atoms with Crippen molar-refractivity contribution in [3.63, 3.8) is 0 Å². The highest BCUT2D eigenvalue weighted by Crippen LogP contribution is 2.28. The molecule has 0 radical (unpaired) electrons. The summed E-state index contributed by atoms with van der Waals surface area (Å²) < 4.78 is 41.9. The highest BCUT2D eigenvalue weighted by Gasteiger charge is 2.34. The van der Waals surface area contributed by atoms with Gasteiger partial charge >= 0.3 is 0 Å². The minimum Gasteiger partial charge on any atom is -0.451 e. The van der Waals surface area contributed by atoms with Crippen LogP contribution in [0.15, 0.2) is 22.6 Å². The summed E-state index contributed by atoms with van der Waals surface area (Å²) in [7, 11) is -1.50. The maximum Gasteiger partial charge on any atom is 0.289 e. The van der Waals surface area contributed by atoms with Crippen LogP contribution in [-0.4, -0.2) is 43.8 Å². The first-order valence-electron chi connectivity index (χ1n) is 6.95. The average molecular weight is 325 g/mol. The van der Waals surface area contributed by atoms with Gasteiger partial charge in [-0.1, -0.05) is 0 Å². The van der Waals surface area contributed by atoms with Crippen LogP contribution in [0.1, 0.15) is 22.5 Å². The van der Waals surface area contributed by atoms with Crippen molar-refractivity contribution in [2.75, 3.05) is 18.6 Å². The topological polar surface area (TPSA) is 67.6 Å². The molecule has 1 atom stereocenters. The second-order valence-electron chi connectivity index (χ2n) is 5.67. The Morgan fingerprint density at radius 2 is 2.14 bits per heavy atom. The molecule has 7 heteroatoms. The lowest BCUT2D eigenvalue weighted by atomic mass is 10.1. The molecule has 2 aromatic rings. The van der Waals surface area contributed by atoms with Crippen LogP contribution in [0.5, 0.6) is 0 Å². The third-order valence-electron chi connectivity index (χ3n) is 4.17. The Labute approximate surface area is 127 Å². The molecule has 1 saturated heterocycles. The quantitative estimate of drug-likeness (QED) is 0.848. The van der Waals surface area contributed by atoms with Crippen molar-refractivity contribution in [2.45, 2.75) is 19.4 Å². The van der Waals surface area contributed by atoms with E-state index in [1.165, 1.54) is 23.1 Å². The van der Waals surface area contributed by atoms with Crippen LogP contribution < -0.4 is 0 Å². The van der Waals surface area contributed by atoms with Crippen LogP contribution in [0.2, 0.25) is 0 Å². The Balaban J connectivity index is 1.94. The third-order valence-corrected chi connectivity index (χ3v) is 5.92. The van der Waals surface area contributed by atoms with Gasteiger partial charge in [0.15, 0.2) is 15.6 Å². The van der Waals surface area contributed by atoms with Gasteiger partial charge in [0.05, 0.1) is 11.5 Å². The van der Waals surface area contributed by atoms with E-state index in [2.05, 4.69) is 0 Å². The molecule has 1 unspecified atom stereocenters. The fourth-order valence-corrected chi connectivity index (χ4v) is 4.58. The Bertz CT molecular complexity index is 856. The van der Waals surface area contributed by atoms with Gasteiger partial charge in [0.1, 0.15) is 11.4 Å². The Morgan fingerprint density at radius 1 is 1.41 bits per heavy atom. The van der Waals surface area contributed by atoms with Gasteiger partial charge < -0.3 is 9.32 Å². The molecule has 0 spiro atoms. The Morgan fingerprint density at radius 3 is 2.77 bits per heavy atom. The summed E-state index contributed by atoms with van der Waals surface area (Å²) >= 11 is 0. The van der Waals surface area contributed by atoms with Crippen molar-refractivity contribution in [2.24, 2.45) is 0 Å². The van der Waals surface area contributed by atoms with Crippen molar-refractivity contribution in [3.05, 3.63) is 35.3 Å². The van der Waals surface area contributed by atoms with Gasteiger partial charge in [0.2, 0.25) is 0 Å². The van der Waals surface area contributed by atoms with Gasteiger partial charge in [-0.05, 0) is 31.5 Å². The number of furan rings is 1. The van der Waals surface area contributed by atoms with E-state index in [9.17, 15) is 17.6 Å². The minimum atomic E-state index is -3.07. The summed E-state index contributed by atoms with van der Waals surface area (Å²) in [6.07, 6.45) is 0.429. The fraction of sp³-hybridized carbons (Fsp3) is 0.400. The first-order valence-corrected chi connectivity index (χ1v) is 8.77. The molecule has 0 bridgehead atoms. The minimum absolute atomic E-state index is 0.0247. The van der Waals surface area contributed by atoms with E-state index in [4.69, 9.17) is 4.42 Å². The second kappa shape index (κ2) is 5.08. The number of amides is 1. The van der Waals surface area contributed by atoms with Crippen molar-refractivity contribution in [1.29, 1.82) is 0 Å². The average Bonchev–Trinajstić information content (AvgIpc) is 2.98. The van der Waals surface area contributed by atoms with Crippen molar-refractivity contribution >= 4 is 26.7 Å². The monoisotopic (exact) mass is 325 g/mol. The summed E-state index contributed by atoms with van der Waals surface area (Å²) in [5.74, 6) is -0.572. The van der Waals surface area contributed by atoms with E-state index in [-0.39, 0.29) is 29.2 Å². The van der Waals surface area contributed by atoms with Crippen molar-refractivity contribution in [3.8, 4) is 0 Å². The van der Waals surface area contributed by atoms with Gasteiger partial charge in [0, 0.05) is 24.0 Å². The zero-order chi connectivity index (χ0) is 16.1. The molecule has 1 fully saturated rings. The lowest BCUT2D eigenvalue weighted by molar-refractivity contribution is 0.0717. The number of rotatable bonds is 2. The summed E-state index contributed by atoms with van der Waals surface area (Å²) in [6, 6.07) is 3.73. The number of halogens is 1. The number of benzene rings is 1. The van der Waals surface area contributed by atoms with Gasteiger partial charge in [0.25, 0.3) is 5.91 Å². The summed E-state index contributed by atoms with van der Waals surface area (Å²) in [5.41, 5.74) is 1.00. The molecule has 1 aromatic carbocycles. The standard InChI is InChI=1S/C15H16FNO4S/c1-9-12-7-10(16)3-4-13(12)21-14(9)15(18)17(2)11-5-6-22(19,20)8-11/h3-4,7,11H,5-6,8H2,1-2H3. The molecule has 2 heterocycles. The smallest absolute Gasteiger partial charge is 0.289 e. The number of carbonyl (C=O) groups is 1. The number of aryl methyl sites for hydroxylation is 1. The van der Waals surface area contributed by atoms with E-state index in [1.807, 2.05) is 0 Å². The molecule has 0 saturated carbocycles. The molecule has 1 aliphatic rings. The van der Waals surface area contributed by atoms with Crippen LogP contribution in [0.4, 0.5) is 4.39 Å². The zero-order valence-corrected chi connectivity index (χ0v) is 13.1. The normalized spacial score (nSPS) is 20.4. The zero-order valence-electron chi connectivity index (χ0n) is 12.3. The van der Waals surface area contributed by atoms with Crippen LogP contribution >= 0.6 is 0 Å². The summed E-state index contributed by atoms with van der Waals surface area (Å²) in [6.45, 7) is 1.69. The van der Waals surface area contributed by atoms with Crippen molar-refractivity contribution in [1.82, 2.24) is 4.90 Å². The number of carbonyl (C=O) groups excluding carboxylic acids is 1. The van der Waals surface area contributed by atoms with Gasteiger partial charge in [-0.25, -0.2) is 12.8 Å². The SMILES string of the molecule is Cc1c(C(=O)N(C)C2CCS(=O)(=O)C2)oc2ccc(F)cc12. The fourth-order valence-electron chi connectivity index (χ4n) is 2.80. The molecular formula is C15H16FNO4S. The van der Waals surface area contributed by atoms with E-state index in [0.29, 0.717) is 23.0 Å². The lowest BCUT2D eigenvalue weighted by Crippen LogP contribution is -2.37. The predicted molar refractivity (Wildman–Crippen MR) is 80.1 cm³/mol. The molecule has 0 aliphatic carbocycles. The maximum atomic E-state index is 13.3. The van der Waals surface area contributed by atoms with E-state index >= 15 is 0 Å². The number of hydrogen-bond donors (Lipinski definition) is 0. The summed E-state index contributed by atoms with van der Waals surface area (Å²) in [4.78, 5) is 14.0. The maximum absolute atomic E-state index is 13.3. The third kappa shape index (κ3) is 2.49. The molecule has 1 aromatic heterocycles. The van der Waals surface area contributed by atoms with E-state index < -0.39 is 15.7 Å². The number of fused-ring (bicyclic) bond motifs is 1. The van der Waals surface area contributed by atoms with Crippen LogP contribution in [-0.2, 0) is 9.84 Å². The molecule has 3 rings (SSSR count). The predicted octanol–water partition coefficient (Wildman–Crippen LogP) is 2.14. The van der Waals surface area contributed by atoms with Crippen LogP contribution in [0.3, 0.4) is 0 Å². The largest absolute Gasteiger partial charge is 0.451 e. The number of nitrogens with zero attached hydrogens (tertiary/aromatic N) is 1. The lowest BCUT2D eigenvalue weighted by Gasteiger charge is -2.22. The number of hydrogen-bond acceptors (Lipinski definition) is 4. The number of sulfone groups is 1. The molecule has 118 valence electrons. The van der Waals surface area contributed by atoms with Crippen LogP contribution in [0, 0.1) is 12.7 Å². The van der Waals surface area contributed by atoms with Crippen LogP contribution in [0.25, 0.3) is 11.0 Å². The molecule has 22 heavy (non-hydrogen) atoms. The highest BCUT2D eigenvalue weighted by atomic mass is 32.2. The first kappa shape index (κ1) is 15.0. The second-order valence-corrected chi connectivity index (χ2v) is 7.90. The Kier molecular flexibility index (Phi) is 3.47. The van der Waals surface area contributed by atoms with E-state index in [0.717, 1.165) is 0 Å². The molecule has 0 N–H and O–H groups in total. The molecule has 5 nitrogen and oxygen atoms in total. The van der Waals surface area contributed by atoms with Gasteiger partial charge in [-0.3, -0.25) is 4.79 Å². The molecule has 1 amide bonds. The Hall–Kier alpha value is -1.89. The van der Waals surface area contributed by atoms with E-state index in [1.54, 1.807) is 14.0 Å².